The minimum absolute atomic E-state index is 0.0885. The van der Waals surface area contributed by atoms with E-state index in [2.05, 4.69) is 42.4 Å². The number of anilines is 3. The number of aromatic nitrogens is 5. The number of rotatable bonds is 6. The summed E-state index contributed by atoms with van der Waals surface area (Å²) in [5.41, 5.74) is 1.58. The highest BCUT2D eigenvalue weighted by molar-refractivity contribution is 5.83. The van der Waals surface area contributed by atoms with Crippen LogP contribution < -0.4 is 15.0 Å². The predicted molar refractivity (Wildman–Crippen MR) is 131 cm³/mol. The first-order valence-corrected chi connectivity index (χ1v) is 11.3. The summed E-state index contributed by atoms with van der Waals surface area (Å²) < 4.78 is 35.6. The lowest BCUT2D eigenvalue weighted by atomic mass is 10.2. The first-order valence-electron chi connectivity index (χ1n) is 11.3. The van der Waals surface area contributed by atoms with Crippen molar-refractivity contribution in [1.82, 2.24) is 30.0 Å². The van der Waals surface area contributed by atoms with Gasteiger partial charge in [0.1, 0.15) is 5.82 Å². The van der Waals surface area contributed by atoms with Crippen molar-refractivity contribution in [3.8, 4) is 11.6 Å². The Labute approximate surface area is 200 Å². The molecule has 0 amide bonds. The highest BCUT2D eigenvalue weighted by Crippen LogP contribution is 2.33. The van der Waals surface area contributed by atoms with Crippen LogP contribution >= 0.6 is 0 Å². The van der Waals surface area contributed by atoms with Crippen LogP contribution in [0.25, 0.3) is 17.0 Å². The predicted octanol–water partition coefficient (Wildman–Crippen LogP) is 4.59. The molecule has 9 nitrogen and oxygen atoms in total. The average Bonchev–Trinajstić information content (AvgIpc) is 3.44. The molecule has 35 heavy (non-hydrogen) atoms. The second-order valence-corrected chi connectivity index (χ2v) is 8.53. The number of hydrogen-bond acceptors (Lipinski definition) is 7. The fourth-order valence-corrected chi connectivity index (χ4v) is 3.99. The van der Waals surface area contributed by atoms with Crippen molar-refractivity contribution in [3.05, 3.63) is 53.4 Å². The van der Waals surface area contributed by atoms with Crippen LogP contribution in [0.3, 0.4) is 0 Å². The van der Waals surface area contributed by atoms with E-state index in [-0.39, 0.29) is 22.5 Å². The Morgan fingerprint density at radius 3 is 2.63 bits per heavy atom. The topological polar surface area (TPSA) is 98.0 Å². The van der Waals surface area contributed by atoms with Crippen molar-refractivity contribution in [2.75, 3.05) is 43.4 Å². The first kappa shape index (κ1) is 22.8. The van der Waals surface area contributed by atoms with E-state index < -0.39 is 11.6 Å². The molecule has 1 aromatic carbocycles. The molecule has 1 saturated heterocycles. The summed E-state index contributed by atoms with van der Waals surface area (Å²) in [6.07, 6.45) is 3.79. The minimum Gasteiger partial charge on any atom is -0.436 e. The zero-order valence-corrected chi connectivity index (χ0v) is 19.7. The van der Waals surface area contributed by atoms with Crippen molar-refractivity contribution in [3.63, 3.8) is 0 Å². The van der Waals surface area contributed by atoms with Gasteiger partial charge >= 0.3 is 0 Å². The molecule has 1 aliphatic heterocycles. The summed E-state index contributed by atoms with van der Waals surface area (Å²) in [6, 6.07) is 5.93. The third-order valence-corrected chi connectivity index (χ3v) is 5.79. The second kappa shape index (κ2) is 9.34. The Morgan fingerprint density at radius 1 is 1.06 bits per heavy atom. The lowest BCUT2D eigenvalue weighted by molar-refractivity contribution is 0.310. The van der Waals surface area contributed by atoms with Crippen LogP contribution in [0.4, 0.5) is 26.4 Å². The molecule has 3 N–H and O–H groups in total. The van der Waals surface area contributed by atoms with E-state index in [9.17, 15) is 4.39 Å². The molecule has 182 valence electrons. The summed E-state index contributed by atoms with van der Waals surface area (Å²) in [5, 5.41) is 10.4. The molecular weight excluding hydrogens is 454 g/mol. The molecule has 0 radical (unpaired) electrons. The largest absolute Gasteiger partial charge is 0.436 e. The molecule has 0 aliphatic carbocycles. The van der Waals surface area contributed by atoms with E-state index in [0.717, 1.165) is 37.9 Å². The van der Waals surface area contributed by atoms with Crippen LogP contribution in [-0.4, -0.2) is 63.3 Å². The number of nitrogens with one attached hydrogen (secondary N) is 3. The maximum absolute atomic E-state index is 15.2. The van der Waals surface area contributed by atoms with E-state index in [4.69, 9.17) is 4.74 Å². The number of allylic oxidation sites excluding steroid dienone is 1. The Kier molecular flexibility index (Phi) is 6.08. The SMILES string of the molecule is C/C=C/c1cc(Nc2cc(Oc3cc(F)c4[nH]c(C)cc4c3F)nc(N3CCN(C)CC3)n2)n[nH]1. The van der Waals surface area contributed by atoms with Crippen LogP contribution in [-0.2, 0) is 0 Å². The van der Waals surface area contributed by atoms with Crippen LogP contribution in [0.1, 0.15) is 18.3 Å². The summed E-state index contributed by atoms with van der Waals surface area (Å²) in [5.74, 6) is -0.0339. The van der Waals surface area contributed by atoms with Gasteiger partial charge in [-0.2, -0.15) is 15.1 Å². The van der Waals surface area contributed by atoms with Gasteiger partial charge in [0.15, 0.2) is 23.2 Å². The highest BCUT2D eigenvalue weighted by atomic mass is 19.1. The zero-order valence-electron chi connectivity index (χ0n) is 19.7. The number of H-pyrrole nitrogens is 2. The van der Waals surface area contributed by atoms with E-state index >= 15 is 4.39 Å². The summed E-state index contributed by atoms with van der Waals surface area (Å²) in [4.78, 5) is 16.2. The molecule has 0 bridgehead atoms. The maximum Gasteiger partial charge on any atom is 0.230 e. The smallest absolute Gasteiger partial charge is 0.230 e. The standard InChI is InChI=1S/C24H26F2N8O/c1-4-5-15-11-20(32-31-15)28-19-13-21(30-24(29-19)34-8-6-33(3)7-9-34)35-18-12-17(25)23-16(22(18)26)10-14(2)27-23/h4-5,10-13,27H,6-9H2,1-3H3,(H2,28,29,30,31,32)/b5-4+. The molecule has 4 aromatic rings. The first-order chi connectivity index (χ1) is 16.9. The molecule has 4 heterocycles. The zero-order chi connectivity index (χ0) is 24.5. The number of piperazine rings is 1. The Bertz CT molecular complexity index is 1390. The average molecular weight is 481 g/mol. The molecular formula is C24H26F2N8O. The number of aryl methyl sites for hydroxylation is 1. The monoisotopic (exact) mass is 480 g/mol. The number of ether oxygens (including phenoxy) is 1. The fraction of sp³-hybridized carbons (Fsp3) is 0.292. The molecule has 0 spiro atoms. The van der Waals surface area contributed by atoms with Gasteiger partial charge in [0.05, 0.1) is 11.2 Å². The number of fused-ring (bicyclic) bond motifs is 1. The number of benzene rings is 1. The van der Waals surface area contributed by atoms with Crippen molar-refractivity contribution in [2.24, 2.45) is 0 Å². The van der Waals surface area contributed by atoms with Crippen LogP contribution in [0.2, 0.25) is 0 Å². The number of likely N-dealkylation sites (N-methyl/N-ethyl adjacent to an activating group) is 1. The van der Waals surface area contributed by atoms with Gasteiger partial charge in [0.2, 0.25) is 11.8 Å². The Balaban J connectivity index is 1.50. The van der Waals surface area contributed by atoms with E-state index in [1.165, 1.54) is 6.07 Å². The summed E-state index contributed by atoms with van der Waals surface area (Å²) in [6.45, 7) is 6.81. The lowest BCUT2D eigenvalue weighted by Crippen LogP contribution is -2.45. The quantitative estimate of drug-likeness (QED) is 0.371. The lowest BCUT2D eigenvalue weighted by Gasteiger charge is -2.32. The highest BCUT2D eigenvalue weighted by Gasteiger charge is 2.21. The van der Waals surface area contributed by atoms with Crippen molar-refractivity contribution < 1.29 is 13.5 Å². The van der Waals surface area contributed by atoms with E-state index in [1.54, 1.807) is 13.0 Å². The van der Waals surface area contributed by atoms with Crippen LogP contribution in [0.5, 0.6) is 11.6 Å². The van der Waals surface area contributed by atoms with Crippen molar-refractivity contribution in [2.45, 2.75) is 13.8 Å². The molecule has 0 atom stereocenters. The van der Waals surface area contributed by atoms with Crippen LogP contribution in [0.15, 0.2) is 30.3 Å². The van der Waals surface area contributed by atoms with Gasteiger partial charge in [0.25, 0.3) is 0 Å². The summed E-state index contributed by atoms with van der Waals surface area (Å²) in [7, 11) is 2.06. The Hall–Kier alpha value is -3.99. The molecule has 1 fully saturated rings. The number of nitrogens with zero attached hydrogens (tertiary/aromatic N) is 5. The van der Waals surface area contributed by atoms with Gasteiger partial charge in [-0.25, -0.2) is 8.78 Å². The molecule has 0 unspecified atom stereocenters. The Morgan fingerprint density at radius 2 is 1.86 bits per heavy atom. The molecule has 3 aromatic heterocycles. The maximum atomic E-state index is 15.2. The molecule has 5 rings (SSSR count). The number of hydrogen-bond donors (Lipinski definition) is 3. The number of halogens is 2. The molecule has 11 heteroatoms. The minimum atomic E-state index is -0.664. The molecule has 1 aliphatic rings. The van der Waals surface area contributed by atoms with Crippen LogP contribution in [0, 0.1) is 18.6 Å². The molecule has 0 saturated carbocycles. The number of aromatic amines is 2. The third-order valence-electron chi connectivity index (χ3n) is 5.79. The fourth-order valence-electron chi connectivity index (χ4n) is 3.99. The third kappa shape index (κ3) is 4.80. The van der Waals surface area contributed by atoms with E-state index in [1.807, 2.05) is 30.0 Å². The van der Waals surface area contributed by atoms with E-state index in [0.29, 0.717) is 23.3 Å². The van der Waals surface area contributed by atoms with Crippen molar-refractivity contribution >= 4 is 34.6 Å². The normalized spacial score (nSPS) is 14.8. The van der Waals surface area contributed by atoms with Gasteiger partial charge in [-0.3, -0.25) is 5.10 Å². The van der Waals surface area contributed by atoms with Crippen molar-refractivity contribution in [1.29, 1.82) is 0 Å². The summed E-state index contributed by atoms with van der Waals surface area (Å²) >= 11 is 0. The van der Waals surface area contributed by atoms with Gasteiger partial charge in [-0.05, 0) is 33.0 Å². The van der Waals surface area contributed by atoms with Gasteiger partial charge in [-0.15, -0.1) is 0 Å². The van der Waals surface area contributed by atoms with Gasteiger partial charge in [0, 0.05) is 55.5 Å². The van der Waals surface area contributed by atoms with Gasteiger partial charge < -0.3 is 24.8 Å². The van der Waals surface area contributed by atoms with Gasteiger partial charge in [-0.1, -0.05) is 6.08 Å². The second-order valence-electron chi connectivity index (χ2n) is 8.53.